The van der Waals surface area contributed by atoms with Gasteiger partial charge in [-0.05, 0) is 63.6 Å². The molecule has 0 atom stereocenters. The maximum atomic E-state index is 4.98. The molecule has 0 N–H and O–H groups in total. The predicted octanol–water partition coefficient (Wildman–Crippen LogP) is 8.96. The lowest BCUT2D eigenvalue weighted by Gasteiger charge is -2.44. The fraction of sp³-hybridized carbons (Fsp3) is 0.559. The van der Waals surface area contributed by atoms with Crippen LogP contribution in [0.5, 0.6) is 0 Å². The second-order valence-electron chi connectivity index (χ2n) is 14.7. The molecule has 1 aliphatic rings. The molecule has 0 saturated carbocycles. The van der Waals surface area contributed by atoms with Gasteiger partial charge in [0.15, 0.2) is 5.82 Å². The van der Waals surface area contributed by atoms with Gasteiger partial charge in [0, 0.05) is 28.2 Å². The van der Waals surface area contributed by atoms with Crippen LogP contribution in [0.4, 0.5) is 0 Å². The Bertz CT molecular complexity index is 1290. The van der Waals surface area contributed by atoms with Crippen LogP contribution in [0, 0.1) is 5.41 Å². The summed E-state index contributed by atoms with van der Waals surface area (Å²) in [5.41, 5.74) is 9.85. The van der Waals surface area contributed by atoms with E-state index in [9.17, 15) is 0 Å². The smallest absolute Gasteiger partial charge is 0.161 e. The molecule has 4 rings (SSSR count). The molecule has 0 amide bonds. The molecule has 0 spiro atoms. The zero-order valence-electron chi connectivity index (χ0n) is 25.5. The van der Waals surface area contributed by atoms with Gasteiger partial charge in [-0.3, -0.25) is 4.98 Å². The quantitative estimate of drug-likeness (QED) is 0.362. The first-order valence-corrected chi connectivity index (χ1v) is 13.9. The zero-order chi connectivity index (χ0) is 27.8. The first kappa shape index (κ1) is 27.5. The van der Waals surface area contributed by atoms with Gasteiger partial charge in [0.05, 0.1) is 17.1 Å². The van der Waals surface area contributed by atoms with Gasteiger partial charge in [0.25, 0.3) is 0 Å². The highest BCUT2D eigenvalue weighted by Crippen LogP contribution is 2.62. The van der Waals surface area contributed by atoms with E-state index in [1.54, 1.807) is 0 Å². The molecule has 0 unspecified atom stereocenters. The summed E-state index contributed by atoms with van der Waals surface area (Å²) in [6.07, 6.45) is 2.93. The van der Waals surface area contributed by atoms with E-state index >= 15 is 0 Å². The summed E-state index contributed by atoms with van der Waals surface area (Å²) in [7, 11) is 0. The lowest BCUT2D eigenvalue weighted by Crippen LogP contribution is -2.42. The topological polar surface area (TPSA) is 38.7 Å². The van der Waals surface area contributed by atoms with Crippen molar-refractivity contribution in [3.63, 3.8) is 0 Å². The van der Waals surface area contributed by atoms with E-state index in [1.165, 1.54) is 22.3 Å². The van der Waals surface area contributed by atoms with Gasteiger partial charge in [0.2, 0.25) is 0 Å². The highest BCUT2D eigenvalue weighted by atomic mass is 14.9. The number of nitrogens with zero attached hydrogens (tertiary/aromatic N) is 3. The Balaban J connectivity index is 1.83. The van der Waals surface area contributed by atoms with Crippen molar-refractivity contribution in [2.75, 3.05) is 0 Å². The molecule has 0 fully saturated rings. The van der Waals surface area contributed by atoms with E-state index in [0.29, 0.717) is 0 Å². The molecule has 0 radical (unpaired) electrons. The predicted molar refractivity (Wildman–Crippen MR) is 157 cm³/mol. The lowest BCUT2D eigenvalue weighted by molar-refractivity contribution is 0.125. The summed E-state index contributed by atoms with van der Waals surface area (Å²) in [5.74, 6) is 0.755. The van der Waals surface area contributed by atoms with E-state index in [0.717, 1.165) is 34.9 Å². The Morgan fingerprint density at radius 2 is 1.22 bits per heavy atom. The average molecular weight is 498 g/mol. The number of hydrogen-bond donors (Lipinski definition) is 0. The summed E-state index contributed by atoms with van der Waals surface area (Å²) in [6.45, 7) is 29.9. The summed E-state index contributed by atoms with van der Waals surface area (Å²) >= 11 is 0. The van der Waals surface area contributed by atoms with Crippen LogP contribution in [0.2, 0.25) is 0 Å². The SMILES string of the molecule is CCc1cc2c(cc1-c1ccc(-c3nc(C(C)(C)C)cc(C(C)(C)C)n3)cn1)C(C)(C)C(C)(C)C2(C)C. The van der Waals surface area contributed by atoms with Crippen molar-refractivity contribution in [1.82, 2.24) is 15.0 Å². The van der Waals surface area contributed by atoms with Crippen molar-refractivity contribution >= 4 is 0 Å². The number of fused-ring (bicyclic) bond motifs is 1. The standard InChI is InChI=1S/C34H47N3/c1-14-21-17-24-25(33(10,11)34(12,13)32(24,8)9)18-23(21)26-16-15-22(20-35-26)29-36-27(30(2,3)4)19-28(37-29)31(5,6)7/h15-20H,14H2,1-13H3. The molecule has 2 aromatic heterocycles. The molecule has 3 heteroatoms. The normalized spacial score (nSPS) is 18.1. The molecule has 198 valence electrons. The molecule has 37 heavy (non-hydrogen) atoms. The molecule has 3 nitrogen and oxygen atoms in total. The summed E-state index contributed by atoms with van der Waals surface area (Å²) in [4.78, 5) is 14.9. The van der Waals surface area contributed by atoms with Crippen molar-refractivity contribution in [3.05, 3.63) is 64.6 Å². The summed E-state index contributed by atoms with van der Waals surface area (Å²) in [5, 5.41) is 0. The van der Waals surface area contributed by atoms with Gasteiger partial charge in [0.1, 0.15) is 0 Å². The Labute approximate surface area is 225 Å². The first-order chi connectivity index (χ1) is 16.8. The second-order valence-corrected chi connectivity index (χ2v) is 14.7. The van der Waals surface area contributed by atoms with E-state index in [-0.39, 0.29) is 27.1 Å². The minimum absolute atomic E-state index is 0.0557. The van der Waals surface area contributed by atoms with Crippen molar-refractivity contribution < 1.29 is 0 Å². The molecule has 1 aromatic carbocycles. The maximum absolute atomic E-state index is 4.98. The van der Waals surface area contributed by atoms with Gasteiger partial charge in [-0.2, -0.15) is 0 Å². The molecular formula is C34H47N3. The van der Waals surface area contributed by atoms with Gasteiger partial charge in [-0.15, -0.1) is 0 Å². The van der Waals surface area contributed by atoms with Crippen molar-refractivity contribution in [1.29, 1.82) is 0 Å². The van der Waals surface area contributed by atoms with Crippen molar-refractivity contribution in [2.24, 2.45) is 5.41 Å². The molecule has 3 aromatic rings. The molecular weight excluding hydrogens is 450 g/mol. The van der Waals surface area contributed by atoms with Crippen LogP contribution >= 0.6 is 0 Å². The van der Waals surface area contributed by atoms with Crippen LogP contribution in [0.25, 0.3) is 22.6 Å². The minimum Gasteiger partial charge on any atom is -0.255 e. The van der Waals surface area contributed by atoms with Gasteiger partial charge in [-0.1, -0.05) is 96.1 Å². The molecule has 0 bridgehead atoms. The van der Waals surface area contributed by atoms with Crippen LogP contribution in [0.1, 0.15) is 118 Å². The van der Waals surface area contributed by atoms with Crippen LogP contribution in [-0.2, 0) is 28.1 Å². The van der Waals surface area contributed by atoms with Crippen molar-refractivity contribution in [3.8, 4) is 22.6 Å². The monoisotopic (exact) mass is 497 g/mol. The number of benzene rings is 1. The van der Waals surface area contributed by atoms with E-state index < -0.39 is 0 Å². The first-order valence-electron chi connectivity index (χ1n) is 13.9. The summed E-state index contributed by atoms with van der Waals surface area (Å²) in [6, 6.07) is 11.3. The molecule has 2 heterocycles. The number of hydrogen-bond acceptors (Lipinski definition) is 3. The van der Waals surface area contributed by atoms with E-state index in [1.807, 2.05) is 6.20 Å². The Hall–Kier alpha value is -2.55. The lowest BCUT2D eigenvalue weighted by atomic mass is 9.59. The highest BCUT2D eigenvalue weighted by Gasteiger charge is 2.56. The second kappa shape index (κ2) is 8.48. The number of aromatic nitrogens is 3. The molecule has 0 saturated heterocycles. The van der Waals surface area contributed by atoms with Crippen LogP contribution in [0.15, 0.2) is 36.5 Å². The van der Waals surface area contributed by atoms with Gasteiger partial charge < -0.3 is 0 Å². The average Bonchev–Trinajstić information content (AvgIpc) is 2.91. The summed E-state index contributed by atoms with van der Waals surface area (Å²) < 4.78 is 0. The molecule has 1 aliphatic carbocycles. The Morgan fingerprint density at radius 1 is 0.703 bits per heavy atom. The van der Waals surface area contributed by atoms with E-state index in [2.05, 4.69) is 120 Å². The van der Waals surface area contributed by atoms with Gasteiger partial charge >= 0.3 is 0 Å². The molecule has 0 aliphatic heterocycles. The van der Waals surface area contributed by atoms with Crippen molar-refractivity contribution in [2.45, 2.75) is 118 Å². The fourth-order valence-corrected chi connectivity index (χ4v) is 5.69. The Kier molecular flexibility index (Phi) is 6.30. The highest BCUT2D eigenvalue weighted by molar-refractivity contribution is 5.70. The number of rotatable bonds is 3. The van der Waals surface area contributed by atoms with Crippen LogP contribution < -0.4 is 0 Å². The van der Waals surface area contributed by atoms with Crippen LogP contribution in [0.3, 0.4) is 0 Å². The van der Waals surface area contributed by atoms with Crippen LogP contribution in [-0.4, -0.2) is 15.0 Å². The number of pyridine rings is 1. The minimum atomic E-state index is -0.0557. The fourth-order valence-electron chi connectivity index (χ4n) is 5.69. The zero-order valence-corrected chi connectivity index (χ0v) is 25.5. The maximum Gasteiger partial charge on any atom is 0.161 e. The van der Waals surface area contributed by atoms with Gasteiger partial charge in [-0.25, -0.2) is 9.97 Å². The Morgan fingerprint density at radius 3 is 1.65 bits per heavy atom. The third-order valence-corrected chi connectivity index (χ3v) is 9.66. The largest absolute Gasteiger partial charge is 0.255 e. The third-order valence-electron chi connectivity index (χ3n) is 9.66. The number of aryl methyl sites for hydroxylation is 1. The van der Waals surface area contributed by atoms with E-state index in [4.69, 9.17) is 15.0 Å². The third kappa shape index (κ3) is 4.33.